The zero-order valence-corrected chi connectivity index (χ0v) is 18.7. The minimum atomic E-state index is -3.45. The molecule has 0 bridgehead atoms. The lowest BCUT2D eigenvalue weighted by Crippen LogP contribution is -2.40. The first kappa shape index (κ1) is 22.5. The summed E-state index contributed by atoms with van der Waals surface area (Å²) in [5.41, 5.74) is 2.94. The molecular weight excluding hydrogens is 398 g/mol. The molecule has 7 heteroatoms. The van der Waals surface area contributed by atoms with Crippen molar-refractivity contribution in [1.29, 1.82) is 0 Å². The first-order valence-electron chi connectivity index (χ1n) is 10.5. The monoisotopic (exact) mass is 429 g/mol. The lowest BCUT2D eigenvalue weighted by Gasteiger charge is -2.22. The molecule has 0 unspecified atom stereocenters. The number of rotatable bonds is 8. The summed E-state index contributed by atoms with van der Waals surface area (Å²) < 4.78 is 26.7. The van der Waals surface area contributed by atoms with Crippen LogP contribution in [0.15, 0.2) is 53.4 Å². The Morgan fingerprint density at radius 3 is 2.20 bits per heavy atom. The normalized spacial score (nSPS) is 16.9. The molecule has 0 aromatic heterocycles. The number of nitrogens with zero attached hydrogens (tertiary/aromatic N) is 1. The van der Waals surface area contributed by atoms with Crippen molar-refractivity contribution in [1.82, 2.24) is 9.62 Å². The van der Waals surface area contributed by atoms with Crippen LogP contribution in [0.4, 0.5) is 5.69 Å². The minimum absolute atomic E-state index is 0.0827. The first-order chi connectivity index (χ1) is 14.3. The Hall–Kier alpha value is -2.22. The van der Waals surface area contributed by atoms with E-state index in [4.69, 9.17) is 0 Å². The Morgan fingerprint density at radius 2 is 1.63 bits per heavy atom. The van der Waals surface area contributed by atoms with Crippen molar-refractivity contribution < 1.29 is 13.2 Å². The van der Waals surface area contributed by atoms with Gasteiger partial charge in [0.1, 0.15) is 0 Å². The van der Waals surface area contributed by atoms with Gasteiger partial charge in [0, 0.05) is 24.8 Å². The Balaban J connectivity index is 1.61. The third-order valence-electron chi connectivity index (χ3n) is 5.56. The molecule has 1 aliphatic rings. The number of sulfonamides is 1. The van der Waals surface area contributed by atoms with Crippen molar-refractivity contribution in [3.63, 3.8) is 0 Å². The number of hydrogen-bond acceptors (Lipinski definition) is 4. The van der Waals surface area contributed by atoms with Gasteiger partial charge < -0.3 is 5.32 Å². The highest BCUT2D eigenvalue weighted by Gasteiger charge is 2.27. The summed E-state index contributed by atoms with van der Waals surface area (Å²) in [6.45, 7) is 7.11. The maximum Gasteiger partial charge on any atom is 0.243 e. The van der Waals surface area contributed by atoms with Gasteiger partial charge in [-0.25, -0.2) is 8.42 Å². The molecule has 1 amide bonds. The Kier molecular flexibility index (Phi) is 7.28. The van der Waals surface area contributed by atoms with Crippen LogP contribution in [0.25, 0.3) is 0 Å². The molecule has 2 aromatic rings. The van der Waals surface area contributed by atoms with Crippen LogP contribution in [0.2, 0.25) is 0 Å². The van der Waals surface area contributed by atoms with E-state index in [-0.39, 0.29) is 16.8 Å². The average Bonchev–Trinajstić information content (AvgIpc) is 3.29. The quantitative estimate of drug-likeness (QED) is 0.668. The van der Waals surface area contributed by atoms with E-state index in [1.54, 1.807) is 24.3 Å². The maximum absolute atomic E-state index is 12.6. The van der Waals surface area contributed by atoms with Gasteiger partial charge in [0.15, 0.2) is 0 Å². The zero-order valence-electron chi connectivity index (χ0n) is 17.9. The summed E-state index contributed by atoms with van der Waals surface area (Å²) in [5, 5.41) is 6.25. The smallest absolute Gasteiger partial charge is 0.243 e. The molecule has 0 radical (unpaired) electrons. The molecule has 1 fully saturated rings. The van der Waals surface area contributed by atoms with E-state index < -0.39 is 16.1 Å². The minimum Gasteiger partial charge on any atom is -0.325 e. The van der Waals surface area contributed by atoms with Gasteiger partial charge in [0.05, 0.1) is 10.9 Å². The van der Waals surface area contributed by atoms with E-state index in [1.165, 1.54) is 9.87 Å². The molecule has 2 atom stereocenters. The molecule has 0 saturated carbocycles. The standard InChI is InChI=1S/C23H31N3O3S/c1-4-22(19-9-7-17(2)8-10-19)24-18(3)23(27)25-20-11-13-21(14-12-20)30(28,29)26-15-5-6-16-26/h7-14,18,22,24H,4-6,15-16H2,1-3H3,(H,25,27)/t18-,22-/m0/s1. The second kappa shape index (κ2) is 9.73. The summed E-state index contributed by atoms with van der Waals surface area (Å²) in [6.07, 6.45) is 2.67. The summed E-state index contributed by atoms with van der Waals surface area (Å²) in [5.74, 6) is -0.157. The molecule has 2 N–H and O–H groups in total. The van der Waals surface area contributed by atoms with Crippen LogP contribution in [0.3, 0.4) is 0 Å². The van der Waals surface area contributed by atoms with Crippen LogP contribution in [-0.4, -0.2) is 37.8 Å². The van der Waals surface area contributed by atoms with E-state index in [0.29, 0.717) is 18.8 Å². The molecule has 1 heterocycles. The van der Waals surface area contributed by atoms with Gasteiger partial charge in [0.25, 0.3) is 0 Å². The number of amides is 1. The first-order valence-corrected chi connectivity index (χ1v) is 12.0. The highest BCUT2D eigenvalue weighted by Crippen LogP contribution is 2.22. The van der Waals surface area contributed by atoms with Crippen LogP contribution in [0.1, 0.15) is 50.3 Å². The van der Waals surface area contributed by atoms with E-state index >= 15 is 0 Å². The fraction of sp³-hybridized carbons (Fsp3) is 0.435. The highest BCUT2D eigenvalue weighted by atomic mass is 32.2. The van der Waals surface area contributed by atoms with Crippen molar-refractivity contribution in [2.75, 3.05) is 18.4 Å². The van der Waals surface area contributed by atoms with Crippen molar-refractivity contribution in [3.8, 4) is 0 Å². The number of aryl methyl sites for hydroxylation is 1. The molecule has 1 saturated heterocycles. The predicted octanol–water partition coefficient (Wildman–Crippen LogP) is 3.85. The number of benzene rings is 2. The summed E-state index contributed by atoms with van der Waals surface area (Å²) in [4.78, 5) is 12.9. The van der Waals surface area contributed by atoms with E-state index in [1.807, 2.05) is 6.92 Å². The van der Waals surface area contributed by atoms with Crippen LogP contribution < -0.4 is 10.6 Å². The second-order valence-corrected chi connectivity index (χ2v) is 9.82. The van der Waals surface area contributed by atoms with Crippen molar-refractivity contribution >= 4 is 21.6 Å². The molecule has 1 aliphatic heterocycles. The van der Waals surface area contributed by atoms with Crippen LogP contribution in [-0.2, 0) is 14.8 Å². The van der Waals surface area contributed by atoms with Crippen molar-refractivity contribution in [3.05, 3.63) is 59.7 Å². The van der Waals surface area contributed by atoms with Crippen LogP contribution in [0.5, 0.6) is 0 Å². The Morgan fingerprint density at radius 1 is 1.03 bits per heavy atom. The molecule has 162 valence electrons. The number of hydrogen-bond donors (Lipinski definition) is 2. The molecular formula is C23H31N3O3S. The zero-order chi connectivity index (χ0) is 21.7. The molecule has 6 nitrogen and oxygen atoms in total. The van der Waals surface area contributed by atoms with Crippen LogP contribution >= 0.6 is 0 Å². The average molecular weight is 430 g/mol. The van der Waals surface area contributed by atoms with E-state index in [9.17, 15) is 13.2 Å². The third-order valence-corrected chi connectivity index (χ3v) is 7.47. The molecule has 0 spiro atoms. The van der Waals surface area contributed by atoms with Crippen molar-refractivity contribution in [2.24, 2.45) is 0 Å². The van der Waals surface area contributed by atoms with E-state index in [2.05, 4.69) is 48.7 Å². The van der Waals surface area contributed by atoms with Gasteiger partial charge in [-0.2, -0.15) is 4.31 Å². The Labute approximate surface area is 179 Å². The number of nitrogens with one attached hydrogen (secondary N) is 2. The SMILES string of the molecule is CC[C@H](N[C@@H](C)C(=O)Nc1ccc(S(=O)(=O)N2CCCC2)cc1)c1ccc(C)cc1. The third kappa shape index (κ3) is 5.28. The fourth-order valence-electron chi connectivity index (χ4n) is 3.66. The van der Waals surface area contributed by atoms with Gasteiger partial charge in [-0.3, -0.25) is 10.1 Å². The summed E-state index contributed by atoms with van der Waals surface area (Å²) >= 11 is 0. The summed E-state index contributed by atoms with van der Waals surface area (Å²) in [6, 6.07) is 14.4. The predicted molar refractivity (Wildman–Crippen MR) is 120 cm³/mol. The molecule has 0 aliphatic carbocycles. The van der Waals surface area contributed by atoms with E-state index in [0.717, 1.165) is 24.8 Å². The van der Waals surface area contributed by atoms with Crippen molar-refractivity contribution in [2.45, 2.75) is 57.0 Å². The van der Waals surface area contributed by atoms with Gasteiger partial charge in [0.2, 0.25) is 15.9 Å². The topological polar surface area (TPSA) is 78.5 Å². The van der Waals surface area contributed by atoms with Crippen LogP contribution in [0, 0.1) is 6.92 Å². The largest absolute Gasteiger partial charge is 0.325 e. The Bertz CT molecular complexity index is 950. The second-order valence-electron chi connectivity index (χ2n) is 7.88. The summed E-state index contributed by atoms with van der Waals surface area (Å²) in [7, 11) is -3.45. The lowest BCUT2D eigenvalue weighted by atomic mass is 10.0. The number of carbonyl (C=O) groups is 1. The lowest BCUT2D eigenvalue weighted by molar-refractivity contribution is -0.118. The number of carbonyl (C=O) groups excluding carboxylic acids is 1. The van der Waals surface area contributed by atoms with Gasteiger partial charge >= 0.3 is 0 Å². The fourth-order valence-corrected chi connectivity index (χ4v) is 5.18. The molecule has 30 heavy (non-hydrogen) atoms. The number of anilines is 1. The highest BCUT2D eigenvalue weighted by molar-refractivity contribution is 7.89. The van der Waals surface area contributed by atoms with Gasteiger partial charge in [-0.1, -0.05) is 36.8 Å². The van der Waals surface area contributed by atoms with Gasteiger partial charge in [-0.15, -0.1) is 0 Å². The van der Waals surface area contributed by atoms with Gasteiger partial charge in [-0.05, 0) is 62.9 Å². The molecule has 3 rings (SSSR count). The maximum atomic E-state index is 12.6. The molecule has 2 aromatic carbocycles.